The van der Waals surface area contributed by atoms with E-state index in [4.69, 9.17) is 18.9 Å². The number of esters is 2. The normalized spacial score (nSPS) is 26.3. The van der Waals surface area contributed by atoms with Crippen molar-refractivity contribution in [3.05, 3.63) is 25.7 Å². The second-order valence-electron chi connectivity index (χ2n) is 8.64. The fourth-order valence-electron chi connectivity index (χ4n) is 4.31. The summed E-state index contributed by atoms with van der Waals surface area (Å²) < 4.78 is 21.3. The summed E-state index contributed by atoms with van der Waals surface area (Å²) in [5, 5.41) is 0. The van der Waals surface area contributed by atoms with E-state index < -0.39 is 0 Å². The van der Waals surface area contributed by atoms with Crippen LogP contribution in [0, 0.1) is 23.7 Å². The van der Waals surface area contributed by atoms with E-state index in [0.29, 0.717) is 36.9 Å². The molecule has 2 saturated carbocycles. The first-order valence-electron chi connectivity index (χ1n) is 11.4. The van der Waals surface area contributed by atoms with Gasteiger partial charge >= 0.3 is 11.9 Å². The van der Waals surface area contributed by atoms with Gasteiger partial charge in [0.25, 0.3) is 0 Å². The summed E-state index contributed by atoms with van der Waals surface area (Å²) in [5.41, 5.74) is 0. The van der Waals surface area contributed by atoms with E-state index in [-0.39, 0.29) is 24.8 Å². The standard InChI is InChI=1S/C24H38O6/c1-3-27-15-19-5-9-21(10-6-19)17-29-23(25)13-14-24(26)30-18-22-11-7-20(8-12-22)16-28-4-2/h3-4,19-22H,1-2,5-18H2. The van der Waals surface area contributed by atoms with Gasteiger partial charge in [0.05, 0.1) is 51.8 Å². The first-order valence-corrected chi connectivity index (χ1v) is 11.4. The molecule has 2 aliphatic carbocycles. The Morgan fingerprint density at radius 2 is 0.900 bits per heavy atom. The molecule has 0 aromatic heterocycles. The number of rotatable bonds is 13. The molecule has 0 aliphatic heterocycles. The van der Waals surface area contributed by atoms with E-state index in [1.54, 1.807) is 0 Å². The topological polar surface area (TPSA) is 71.1 Å². The van der Waals surface area contributed by atoms with Gasteiger partial charge in [0, 0.05) is 0 Å². The molecular formula is C24H38O6. The van der Waals surface area contributed by atoms with Crippen LogP contribution in [-0.2, 0) is 28.5 Å². The van der Waals surface area contributed by atoms with Crippen LogP contribution in [-0.4, -0.2) is 38.4 Å². The average molecular weight is 423 g/mol. The number of ether oxygens (including phenoxy) is 4. The van der Waals surface area contributed by atoms with Crippen LogP contribution in [0.1, 0.15) is 64.2 Å². The minimum atomic E-state index is -0.313. The molecule has 0 unspecified atom stereocenters. The molecule has 0 N–H and O–H groups in total. The van der Waals surface area contributed by atoms with Crippen molar-refractivity contribution in [3.8, 4) is 0 Å². The lowest BCUT2D eigenvalue weighted by Gasteiger charge is -2.27. The molecule has 2 rings (SSSR count). The minimum absolute atomic E-state index is 0.0903. The van der Waals surface area contributed by atoms with E-state index in [9.17, 15) is 9.59 Å². The molecule has 170 valence electrons. The van der Waals surface area contributed by atoms with Gasteiger partial charge < -0.3 is 18.9 Å². The third-order valence-electron chi connectivity index (χ3n) is 6.33. The lowest BCUT2D eigenvalue weighted by molar-refractivity contribution is -0.152. The smallest absolute Gasteiger partial charge is 0.306 e. The zero-order valence-electron chi connectivity index (χ0n) is 18.2. The maximum absolute atomic E-state index is 11.9. The number of hydrogen-bond acceptors (Lipinski definition) is 6. The summed E-state index contributed by atoms with van der Waals surface area (Å²) in [5.74, 6) is 1.33. The molecule has 2 aliphatic rings. The first-order chi connectivity index (χ1) is 14.6. The third kappa shape index (κ3) is 9.68. The SMILES string of the molecule is C=COCC1CCC(COC(=O)CCC(=O)OCC2CCC(COC=C)CC2)CC1. The van der Waals surface area contributed by atoms with Crippen LogP contribution >= 0.6 is 0 Å². The van der Waals surface area contributed by atoms with Crippen LogP contribution in [0.2, 0.25) is 0 Å². The molecule has 0 amide bonds. The van der Waals surface area contributed by atoms with Gasteiger partial charge in [-0.2, -0.15) is 0 Å². The molecule has 0 aromatic rings. The Bertz CT molecular complexity index is 482. The van der Waals surface area contributed by atoms with E-state index in [1.165, 1.54) is 12.5 Å². The Labute approximate surface area is 181 Å². The summed E-state index contributed by atoms with van der Waals surface area (Å²) >= 11 is 0. The largest absolute Gasteiger partial charge is 0.502 e. The van der Waals surface area contributed by atoms with Gasteiger partial charge in [0.2, 0.25) is 0 Å². The van der Waals surface area contributed by atoms with Gasteiger partial charge in [-0.05, 0) is 75.0 Å². The second kappa shape index (κ2) is 14.1. The van der Waals surface area contributed by atoms with Crippen molar-refractivity contribution in [1.82, 2.24) is 0 Å². The van der Waals surface area contributed by atoms with E-state index >= 15 is 0 Å². The Kier molecular flexibility index (Phi) is 11.4. The Balaban J connectivity index is 1.48. The maximum Gasteiger partial charge on any atom is 0.306 e. The summed E-state index contributed by atoms with van der Waals surface area (Å²) in [6.07, 6.45) is 11.7. The van der Waals surface area contributed by atoms with Crippen molar-refractivity contribution in [2.45, 2.75) is 64.2 Å². The second-order valence-corrected chi connectivity index (χ2v) is 8.64. The first kappa shape index (κ1) is 24.3. The molecule has 0 radical (unpaired) electrons. The lowest BCUT2D eigenvalue weighted by atomic mass is 9.83. The fraction of sp³-hybridized carbons (Fsp3) is 0.750. The van der Waals surface area contributed by atoms with Crippen molar-refractivity contribution in [2.24, 2.45) is 23.7 Å². The van der Waals surface area contributed by atoms with Crippen LogP contribution in [0.5, 0.6) is 0 Å². The van der Waals surface area contributed by atoms with Gasteiger partial charge in [-0.1, -0.05) is 13.2 Å². The zero-order valence-corrected chi connectivity index (χ0v) is 18.2. The quantitative estimate of drug-likeness (QED) is 0.314. The highest BCUT2D eigenvalue weighted by atomic mass is 16.5. The van der Waals surface area contributed by atoms with E-state index in [2.05, 4.69) is 13.2 Å². The Morgan fingerprint density at radius 3 is 1.20 bits per heavy atom. The molecule has 0 saturated heterocycles. The van der Waals surface area contributed by atoms with E-state index in [0.717, 1.165) is 64.6 Å². The van der Waals surface area contributed by atoms with Crippen molar-refractivity contribution in [3.63, 3.8) is 0 Å². The van der Waals surface area contributed by atoms with Crippen LogP contribution in [0.3, 0.4) is 0 Å². The maximum atomic E-state index is 11.9. The molecular weight excluding hydrogens is 384 g/mol. The molecule has 6 heteroatoms. The highest BCUT2D eigenvalue weighted by molar-refractivity contribution is 5.77. The summed E-state index contributed by atoms with van der Waals surface area (Å²) in [6.45, 7) is 9.48. The van der Waals surface area contributed by atoms with Crippen LogP contribution in [0.4, 0.5) is 0 Å². The van der Waals surface area contributed by atoms with Crippen molar-refractivity contribution in [1.29, 1.82) is 0 Å². The Morgan fingerprint density at radius 1 is 0.600 bits per heavy atom. The van der Waals surface area contributed by atoms with Crippen molar-refractivity contribution >= 4 is 11.9 Å². The van der Waals surface area contributed by atoms with Gasteiger partial charge in [-0.25, -0.2) is 0 Å². The summed E-state index contributed by atoms with van der Waals surface area (Å²) in [7, 11) is 0. The highest BCUT2D eigenvalue weighted by Crippen LogP contribution is 2.30. The van der Waals surface area contributed by atoms with Crippen LogP contribution in [0.15, 0.2) is 25.7 Å². The summed E-state index contributed by atoms with van der Waals surface area (Å²) in [4.78, 5) is 23.9. The van der Waals surface area contributed by atoms with Crippen molar-refractivity contribution < 1.29 is 28.5 Å². The predicted octanol–water partition coefficient (Wildman–Crippen LogP) is 4.79. The van der Waals surface area contributed by atoms with Crippen LogP contribution < -0.4 is 0 Å². The predicted molar refractivity (Wildman–Crippen MR) is 114 cm³/mol. The van der Waals surface area contributed by atoms with Crippen molar-refractivity contribution in [2.75, 3.05) is 26.4 Å². The molecule has 0 heterocycles. The molecule has 6 nitrogen and oxygen atoms in total. The van der Waals surface area contributed by atoms with Crippen LogP contribution in [0.25, 0.3) is 0 Å². The highest BCUT2D eigenvalue weighted by Gasteiger charge is 2.24. The lowest BCUT2D eigenvalue weighted by Crippen LogP contribution is -2.23. The molecule has 30 heavy (non-hydrogen) atoms. The van der Waals surface area contributed by atoms with Gasteiger partial charge in [-0.3, -0.25) is 9.59 Å². The molecule has 0 aromatic carbocycles. The molecule has 0 bridgehead atoms. The monoisotopic (exact) mass is 422 g/mol. The van der Waals surface area contributed by atoms with Gasteiger partial charge in [0.15, 0.2) is 0 Å². The molecule has 2 fully saturated rings. The summed E-state index contributed by atoms with van der Waals surface area (Å²) in [6, 6.07) is 0. The number of carbonyl (C=O) groups excluding carboxylic acids is 2. The zero-order chi connectivity index (χ0) is 21.6. The molecule has 0 atom stereocenters. The van der Waals surface area contributed by atoms with Gasteiger partial charge in [-0.15, -0.1) is 0 Å². The third-order valence-corrected chi connectivity index (χ3v) is 6.33. The average Bonchev–Trinajstić information content (AvgIpc) is 2.78. The Hall–Kier alpha value is -1.98. The molecule has 0 spiro atoms. The number of carbonyl (C=O) groups is 2. The number of hydrogen-bond donors (Lipinski definition) is 0. The van der Waals surface area contributed by atoms with E-state index in [1.807, 2.05) is 0 Å². The fourth-order valence-corrected chi connectivity index (χ4v) is 4.31. The minimum Gasteiger partial charge on any atom is -0.502 e. The van der Waals surface area contributed by atoms with Gasteiger partial charge in [0.1, 0.15) is 0 Å².